The van der Waals surface area contributed by atoms with Gasteiger partial charge in [-0.05, 0) is 24.3 Å². The Morgan fingerprint density at radius 1 is 1.08 bits per heavy atom. The van der Waals surface area contributed by atoms with Gasteiger partial charge in [0.2, 0.25) is 11.8 Å². The first kappa shape index (κ1) is 16.1. The lowest BCUT2D eigenvalue weighted by Gasteiger charge is -2.05. The number of nitrogens with zero attached hydrogens (tertiary/aromatic N) is 1. The summed E-state index contributed by atoms with van der Waals surface area (Å²) in [6.45, 7) is 0. The van der Waals surface area contributed by atoms with Crippen LogP contribution < -0.4 is 14.8 Å². The average molecular weight is 358 g/mol. The molecule has 1 N–H and O–H groups in total. The molecule has 26 heavy (non-hydrogen) atoms. The Bertz CT molecular complexity index is 957. The van der Waals surface area contributed by atoms with Crippen molar-refractivity contribution in [2.24, 2.45) is 0 Å². The molecule has 0 bridgehead atoms. The number of benzene rings is 2. The summed E-state index contributed by atoms with van der Waals surface area (Å²) in [5.74, 6) is -0.181. The number of carbonyl (C=O) groups is 1. The number of carbonyl (C=O) groups excluding carboxylic acids is 1. The van der Waals surface area contributed by atoms with E-state index in [1.165, 1.54) is 24.5 Å². The summed E-state index contributed by atoms with van der Waals surface area (Å²) >= 11 is 0. The molecule has 1 aromatic heterocycles. The molecule has 2 aromatic carbocycles. The van der Waals surface area contributed by atoms with E-state index in [1.54, 1.807) is 0 Å². The molecule has 0 unspecified atom stereocenters. The zero-order valence-corrected chi connectivity index (χ0v) is 13.2. The SMILES string of the molecule is O=C(Cc1coc(-c2ccccc2)n1)Nc1ccc2c(c1)OC(F)(F)O2. The number of anilines is 1. The van der Waals surface area contributed by atoms with Crippen LogP contribution in [0.1, 0.15) is 5.69 Å². The quantitative estimate of drug-likeness (QED) is 0.767. The molecule has 8 heteroatoms. The van der Waals surface area contributed by atoms with Crippen molar-refractivity contribution >= 4 is 11.6 Å². The molecule has 1 amide bonds. The molecule has 0 atom stereocenters. The van der Waals surface area contributed by atoms with Crippen molar-refractivity contribution in [2.45, 2.75) is 12.7 Å². The molecular weight excluding hydrogens is 346 g/mol. The lowest BCUT2D eigenvalue weighted by Crippen LogP contribution is -2.25. The second kappa shape index (κ2) is 6.14. The molecular formula is C18H12F2N2O4. The predicted octanol–water partition coefficient (Wildman–Crippen LogP) is 3.84. The van der Waals surface area contributed by atoms with Crippen LogP contribution in [-0.2, 0) is 11.2 Å². The van der Waals surface area contributed by atoms with E-state index in [4.69, 9.17) is 4.42 Å². The Hall–Kier alpha value is -3.42. The fraction of sp³-hybridized carbons (Fsp3) is 0.111. The number of halogens is 2. The second-order valence-electron chi connectivity index (χ2n) is 5.56. The van der Waals surface area contributed by atoms with E-state index < -0.39 is 6.29 Å². The molecule has 1 aliphatic heterocycles. The number of amides is 1. The first-order valence-corrected chi connectivity index (χ1v) is 7.68. The highest BCUT2D eigenvalue weighted by Crippen LogP contribution is 2.42. The number of oxazole rings is 1. The Labute approximate surface area is 146 Å². The first-order chi connectivity index (χ1) is 12.5. The molecule has 1 aliphatic rings. The number of hydrogen-bond acceptors (Lipinski definition) is 5. The van der Waals surface area contributed by atoms with Crippen LogP contribution in [0.2, 0.25) is 0 Å². The summed E-state index contributed by atoms with van der Waals surface area (Å²) in [6.07, 6.45) is -2.32. The number of fused-ring (bicyclic) bond motifs is 1. The Morgan fingerprint density at radius 3 is 2.65 bits per heavy atom. The normalized spacial score (nSPS) is 14.2. The number of hydrogen-bond donors (Lipinski definition) is 1. The van der Waals surface area contributed by atoms with Gasteiger partial charge in [-0.1, -0.05) is 18.2 Å². The molecule has 0 saturated heterocycles. The lowest BCUT2D eigenvalue weighted by molar-refractivity contribution is -0.286. The molecule has 0 aliphatic carbocycles. The highest BCUT2D eigenvalue weighted by molar-refractivity contribution is 5.92. The molecule has 6 nitrogen and oxygen atoms in total. The van der Waals surface area contributed by atoms with Crippen LogP contribution in [0.15, 0.2) is 59.2 Å². The highest BCUT2D eigenvalue weighted by atomic mass is 19.3. The maximum Gasteiger partial charge on any atom is 0.586 e. The standard InChI is InChI=1S/C18H12F2N2O4/c19-18(20)25-14-7-6-12(8-15(14)26-18)21-16(23)9-13-10-24-17(22-13)11-4-2-1-3-5-11/h1-8,10H,9H2,(H,21,23). The van der Waals surface area contributed by atoms with Crippen LogP contribution in [0.25, 0.3) is 11.5 Å². The van der Waals surface area contributed by atoms with Crippen molar-refractivity contribution < 1.29 is 27.5 Å². The van der Waals surface area contributed by atoms with E-state index in [0.717, 1.165) is 5.56 Å². The first-order valence-electron chi connectivity index (χ1n) is 7.68. The smallest absolute Gasteiger partial charge is 0.444 e. The van der Waals surface area contributed by atoms with Crippen molar-refractivity contribution in [1.29, 1.82) is 0 Å². The molecule has 2 heterocycles. The third-order valence-electron chi connectivity index (χ3n) is 3.60. The summed E-state index contributed by atoms with van der Waals surface area (Å²) < 4.78 is 40.1. The van der Waals surface area contributed by atoms with Crippen LogP contribution in [0.5, 0.6) is 11.5 Å². The summed E-state index contributed by atoms with van der Waals surface area (Å²) in [6, 6.07) is 13.3. The highest BCUT2D eigenvalue weighted by Gasteiger charge is 2.43. The molecule has 3 aromatic rings. The van der Waals surface area contributed by atoms with E-state index in [0.29, 0.717) is 17.3 Å². The van der Waals surface area contributed by atoms with E-state index >= 15 is 0 Å². The zero-order valence-electron chi connectivity index (χ0n) is 13.2. The molecule has 132 valence electrons. The number of ether oxygens (including phenoxy) is 2. The van der Waals surface area contributed by atoms with Crippen LogP contribution in [-0.4, -0.2) is 17.2 Å². The third kappa shape index (κ3) is 3.34. The fourth-order valence-corrected chi connectivity index (χ4v) is 2.50. The number of aromatic nitrogens is 1. The second-order valence-corrected chi connectivity index (χ2v) is 5.56. The van der Waals surface area contributed by atoms with Gasteiger partial charge in [0.1, 0.15) is 6.26 Å². The number of rotatable bonds is 4. The van der Waals surface area contributed by atoms with Crippen LogP contribution >= 0.6 is 0 Å². The molecule has 0 saturated carbocycles. The molecule has 0 fully saturated rings. The van der Waals surface area contributed by atoms with E-state index in [1.807, 2.05) is 30.3 Å². The summed E-state index contributed by atoms with van der Waals surface area (Å²) in [5.41, 5.74) is 1.56. The monoisotopic (exact) mass is 358 g/mol. The zero-order chi connectivity index (χ0) is 18.1. The maximum atomic E-state index is 13.0. The Kier molecular flexibility index (Phi) is 3.80. The van der Waals surface area contributed by atoms with Crippen LogP contribution in [0, 0.1) is 0 Å². The van der Waals surface area contributed by atoms with Gasteiger partial charge >= 0.3 is 6.29 Å². The number of alkyl halides is 2. The van der Waals surface area contributed by atoms with Crippen molar-refractivity contribution in [1.82, 2.24) is 4.98 Å². The molecule has 0 spiro atoms. The fourth-order valence-electron chi connectivity index (χ4n) is 2.50. The van der Waals surface area contributed by atoms with Crippen LogP contribution in [0.4, 0.5) is 14.5 Å². The minimum Gasteiger partial charge on any atom is -0.444 e. The van der Waals surface area contributed by atoms with Gasteiger partial charge in [-0.25, -0.2) is 4.98 Å². The summed E-state index contributed by atoms with van der Waals surface area (Å²) in [4.78, 5) is 16.4. The van der Waals surface area contributed by atoms with Gasteiger partial charge in [0.25, 0.3) is 0 Å². The largest absolute Gasteiger partial charge is 0.586 e. The third-order valence-corrected chi connectivity index (χ3v) is 3.60. The summed E-state index contributed by atoms with van der Waals surface area (Å²) in [5, 5.41) is 2.60. The average Bonchev–Trinajstić information content (AvgIpc) is 3.17. The Balaban J connectivity index is 1.42. The van der Waals surface area contributed by atoms with Crippen LogP contribution in [0.3, 0.4) is 0 Å². The minimum atomic E-state index is -3.69. The minimum absolute atomic E-state index is 0.0269. The van der Waals surface area contributed by atoms with E-state index in [9.17, 15) is 13.6 Å². The van der Waals surface area contributed by atoms with Gasteiger partial charge < -0.3 is 19.2 Å². The Morgan fingerprint density at radius 2 is 1.85 bits per heavy atom. The van der Waals surface area contributed by atoms with Gasteiger partial charge in [0, 0.05) is 17.3 Å². The molecule has 4 rings (SSSR count). The van der Waals surface area contributed by atoms with Gasteiger partial charge in [-0.2, -0.15) is 0 Å². The molecule has 0 radical (unpaired) electrons. The van der Waals surface area contributed by atoms with E-state index in [2.05, 4.69) is 19.8 Å². The van der Waals surface area contributed by atoms with Gasteiger partial charge in [0.15, 0.2) is 11.5 Å². The predicted molar refractivity (Wildman–Crippen MR) is 86.9 cm³/mol. The van der Waals surface area contributed by atoms with Gasteiger partial charge in [0.05, 0.1) is 12.1 Å². The summed E-state index contributed by atoms with van der Waals surface area (Å²) in [7, 11) is 0. The van der Waals surface area contributed by atoms with Crippen molar-refractivity contribution in [2.75, 3.05) is 5.32 Å². The van der Waals surface area contributed by atoms with Crippen molar-refractivity contribution in [3.63, 3.8) is 0 Å². The van der Waals surface area contributed by atoms with E-state index in [-0.39, 0.29) is 23.8 Å². The van der Waals surface area contributed by atoms with Crippen molar-refractivity contribution in [3.8, 4) is 23.0 Å². The number of nitrogens with one attached hydrogen (secondary N) is 1. The maximum absolute atomic E-state index is 13.0. The topological polar surface area (TPSA) is 73.6 Å². The van der Waals surface area contributed by atoms with Crippen molar-refractivity contribution in [3.05, 3.63) is 60.5 Å². The van der Waals surface area contributed by atoms with Gasteiger partial charge in [-0.3, -0.25) is 4.79 Å². The lowest BCUT2D eigenvalue weighted by atomic mass is 10.2. The van der Waals surface area contributed by atoms with Gasteiger partial charge in [-0.15, -0.1) is 8.78 Å².